The highest BCUT2D eigenvalue weighted by molar-refractivity contribution is 7.90. The average Bonchev–Trinajstić information content (AvgIpc) is 1.97. The molecule has 0 heterocycles. The van der Waals surface area contributed by atoms with Gasteiger partial charge in [0.2, 0.25) is 0 Å². The number of nitrogens with one attached hydrogen (secondary N) is 1. The van der Waals surface area contributed by atoms with Gasteiger partial charge in [0, 0.05) is 11.3 Å². The van der Waals surface area contributed by atoms with E-state index >= 15 is 0 Å². The molecule has 1 N–H and O–H groups in total. The quantitative estimate of drug-likeness (QED) is 0.534. The maximum atomic E-state index is 11.2. The highest BCUT2D eigenvalue weighted by Crippen LogP contribution is 2.12. The SMILES string of the molecule is CCC(=O)ON[S@@+]([O-])C(C)(C)C. The Morgan fingerprint density at radius 1 is 1.58 bits per heavy atom. The van der Waals surface area contributed by atoms with Gasteiger partial charge in [0.1, 0.15) is 4.75 Å². The topological polar surface area (TPSA) is 61.4 Å². The second-order valence-electron chi connectivity index (χ2n) is 3.29. The lowest BCUT2D eigenvalue weighted by atomic mass is 10.3. The molecule has 0 aliphatic rings. The third-order valence-corrected chi connectivity index (χ3v) is 2.42. The fourth-order valence-electron chi connectivity index (χ4n) is 0.281. The Kier molecular flexibility index (Phi) is 4.59. The van der Waals surface area contributed by atoms with Crippen molar-refractivity contribution >= 4 is 17.3 Å². The lowest BCUT2D eigenvalue weighted by molar-refractivity contribution is -0.146. The molecule has 0 saturated heterocycles. The van der Waals surface area contributed by atoms with Crippen LogP contribution in [0.4, 0.5) is 0 Å². The van der Waals surface area contributed by atoms with Crippen molar-refractivity contribution in [2.45, 2.75) is 38.9 Å². The minimum Gasteiger partial charge on any atom is -0.595 e. The van der Waals surface area contributed by atoms with Gasteiger partial charge in [-0.2, -0.15) is 0 Å². The Morgan fingerprint density at radius 3 is 2.42 bits per heavy atom. The zero-order valence-electron chi connectivity index (χ0n) is 7.84. The van der Waals surface area contributed by atoms with Gasteiger partial charge in [-0.05, 0) is 20.8 Å². The van der Waals surface area contributed by atoms with Crippen LogP contribution in [0.15, 0.2) is 0 Å². The molecule has 0 saturated carbocycles. The first-order valence-electron chi connectivity index (χ1n) is 3.75. The second-order valence-corrected chi connectivity index (χ2v) is 5.22. The summed E-state index contributed by atoms with van der Waals surface area (Å²) < 4.78 is 10.8. The van der Waals surface area contributed by atoms with Gasteiger partial charge in [-0.25, -0.2) is 0 Å². The van der Waals surface area contributed by atoms with Gasteiger partial charge in [-0.15, -0.1) is 0 Å². The van der Waals surface area contributed by atoms with Crippen molar-refractivity contribution in [3.63, 3.8) is 0 Å². The molecule has 0 aromatic carbocycles. The molecular formula is C7H15NO3S. The molecule has 12 heavy (non-hydrogen) atoms. The first-order valence-corrected chi connectivity index (χ1v) is 4.90. The molecule has 0 aliphatic heterocycles. The molecule has 0 aromatic heterocycles. The van der Waals surface area contributed by atoms with Crippen LogP contribution >= 0.6 is 0 Å². The van der Waals surface area contributed by atoms with Crippen molar-refractivity contribution < 1.29 is 14.2 Å². The van der Waals surface area contributed by atoms with E-state index in [2.05, 4.69) is 9.72 Å². The van der Waals surface area contributed by atoms with Crippen molar-refractivity contribution in [3.8, 4) is 0 Å². The fraction of sp³-hybridized carbons (Fsp3) is 0.857. The summed E-state index contributed by atoms with van der Waals surface area (Å²) in [4.78, 5) is 17.3. The second kappa shape index (κ2) is 4.69. The summed E-state index contributed by atoms with van der Waals surface area (Å²) >= 11 is -1.35. The summed E-state index contributed by atoms with van der Waals surface area (Å²) in [6, 6.07) is 0. The molecule has 0 fully saturated rings. The molecule has 0 aromatic rings. The van der Waals surface area contributed by atoms with E-state index < -0.39 is 22.1 Å². The first kappa shape index (κ1) is 11.7. The summed E-state index contributed by atoms with van der Waals surface area (Å²) in [6.45, 7) is 7.03. The highest BCUT2D eigenvalue weighted by Gasteiger charge is 2.27. The van der Waals surface area contributed by atoms with Crippen LogP contribution in [0.5, 0.6) is 0 Å². The monoisotopic (exact) mass is 193 g/mol. The van der Waals surface area contributed by atoms with E-state index in [4.69, 9.17) is 0 Å². The third-order valence-electron chi connectivity index (χ3n) is 1.08. The lowest BCUT2D eigenvalue weighted by Gasteiger charge is -2.21. The van der Waals surface area contributed by atoms with E-state index in [1.54, 1.807) is 27.7 Å². The number of hydrogen-bond acceptors (Lipinski definition) is 4. The smallest absolute Gasteiger partial charge is 0.329 e. The first-order chi connectivity index (χ1) is 5.38. The summed E-state index contributed by atoms with van der Waals surface area (Å²) in [6.07, 6.45) is 0.272. The summed E-state index contributed by atoms with van der Waals surface area (Å²) in [5.74, 6) is -0.410. The molecule has 5 heteroatoms. The Labute approximate surface area is 75.9 Å². The summed E-state index contributed by atoms with van der Waals surface area (Å²) in [5.41, 5.74) is 0. The van der Waals surface area contributed by atoms with Crippen LogP contribution in [0.25, 0.3) is 0 Å². The zero-order valence-corrected chi connectivity index (χ0v) is 8.66. The number of rotatable bonds is 3. The zero-order chi connectivity index (χ0) is 9.78. The maximum absolute atomic E-state index is 11.2. The molecule has 0 amide bonds. The number of hydrogen-bond donors (Lipinski definition) is 1. The largest absolute Gasteiger partial charge is 0.595 e. The van der Waals surface area contributed by atoms with Crippen LogP contribution in [0.2, 0.25) is 0 Å². The van der Waals surface area contributed by atoms with Gasteiger partial charge < -0.3 is 9.39 Å². The van der Waals surface area contributed by atoms with Gasteiger partial charge in [-0.3, -0.25) is 4.79 Å². The van der Waals surface area contributed by atoms with Crippen LogP contribution in [0.3, 0.4) is 0 Å². The molecule has 72 valence electrons. The lowest BCUT2D eigenvalue weighted by Crippen LogP contribution is -2.40. The molecule has 0 aliphatic carbocycles. The van der Waals surface area contributed by atoms with Crippen LogP contribution in [0, 0.1) is 0 Å². The number of carbonyl (C=O) groups excluding carboxylic acids is 1. The molecule has 0 radical (unpaired) electrons. The standard InChI is InChI=1S/C7H15NO3S/c1-5-6(9)11-8-12(10)7(2,3)4/h8H,5H2,1-4H3/t12-/m0/s1. The van der Waals surface area contributed by atoms with Crippen molar-refractivity contribution in [2.75, 3.05) is 0 Å². The van der Waals surface area contributed by atoms with E-state index in [0.717, 1.165) is 0 Å². The van der Waals surface area contributed by atoms with E-state index in [0.29, 0.717) is 0 Å². The maximum Gasteiger partial charge on any atom is 0.329 e. The van der Waals surface area contributed by atoms with Crippen LogP contribution in [-0.4, -0.2) is 15.3 Å². The van der Waals surface area contributed by atoms with Crippen LogP contribution in [0.1, 0.15) is 34.1 Å². The van der Waals surface area contributed by atoms with E-state index in [1.807, 2.05) is 0 Å². The van der Waals surface area contributed by atoms with Gasteiger partial charge in [0.05, 0.1) is 11.4 Å². The molecule has 0 bridgehead atoms. The van der Waals surface area contributed by atoms with Gasteiger partial charge in [-0.1, -0.05) is 6.92 Å². The minimum absolute atomic E-state index is 0.272. The molecule has 1 atom stereocenters. The minimum atomic E-state index is -1.35. The summed E-state index contributed by atoms with van der Waals surface area (Å²) in [5, 5.41) is 0. The predicted molar refractivity (Wildman–Crippen MR) is 47.4 cm³/mol. The number of carbonyl (C=O) groups is 1. The van der Waals surface area contributed by atoms with Gasteiger partial charge in [0.25, 0.3) is 0 Å². The molecular weight excluding hydrogens is 178 g/mol. The van der Waals surface area contributed by atoms with Crippen molar-refractivity contribution in [2.24, 2.45) is 0 Å². The highest BCUT2D eigenvalue weighted by atomic mass is 32.2. The van der Waals surface area contributed by atoms with Crippen LogP contribution < -0.4 is 4.89 Å². The van der Waals surface area contributed by atoms with Crippen molar-refractivity contribution in [1.29, 1.82) is 0 Å². The molecule has 4 nitrogen and oxygen atoms in total. The molecule has 0 rings (SSSR count). The van der Waals surface area contributed by atoms with E-state index in [-0.39, 0.29) is 6.42 Å². The van der Waals surface area contributed by atoms with Crippen molar-refractivity contribution in [3.05, 3.63) is 0 Å². The Balaban J connectivity index is 3.72. The Morgan fingerprint density at radius 2 is 2.08 bits per heavy atom. The van der Waals surface area contributed by atoms with Crippen molar-refractivity contribution in [1.82, 2.24) is 4.89 Å². The third kappa shape index (κ3) is 4.58. The normalized spacial score (nSPS) is 14.1. The van der Waals surface area contributed by atoms with Gasteiger partial charge in [0.15, 0.2) is 0 Å². The van der Waals surface area contributed by atoms with Crippen LogP contribution in [-0.2, 0) is 21.0 Å². The molecule has 0 unspecified atom stereocenters. The van der Waals surface area contributed by atoms with E-state index in [9.17, 15) is 9.35 Å². The predicted octanol–water partition coefficient (Wildman–Crippen LogP) is 0.906. The molecule has 0 spiro atoms. The fourth-order valence-corrected chi connectivity index (χ4v) is 0.700. The Hall–Kier alpha value is -0.260. The summed E-state index contributed by atoms with van der Waals surface area (Å²) in [7, 11) is 0. The Bertz CT molecular complexity index is 155. The van der Waals surface area contributed by atoms with E-state index in [1.165, 1.54) is 0 Å². The average molecular weight is 193 g/mol. The van der Waals surface area contributed by atoms with Gasteiger partial charge >= 0.3 is 5.97 Å².